The first kappa shape index (κ1) is 13.4. The van der Waals surface area contributed by atoms with Gasteiger partial charge in [-0.25, -0.2) is 0 Å². The molecule has 1 aliphatic heterocycles. The summed E-state index contributed by atoms with van der Waals surface area (Å²) in [5.41, 5.74) is 8.87. The summed E-state index contributed by atoms with van der Waals surface area (Å²) in [5, 5.41) is 0. The lowest BCUT2D eigenvalue weighted by Crippen LogP contribution is -2.47. The Labute approximate surface area is 111 Å². The van der Waals surface area contributed by atoms with Crippen molar-refractivity contribution in [3.8, 4) is 0 Å². The fourth-order valence-electron chi connectivity index (χ4n) is 2.91. The van der Waals surface area contributed by atoms with Crippen LogP contribution in [0.2, 0.25) is 0 Å². The minimum atomic E-state index is 0.335. The maximum Gasteiger partial charge on any atom is 0.0367 e. The highest BCUT2D eigenvalue weighted by Crippen LogP contribution is 2.26. The molecule has 2 atom stereocenters. The topological polar surface area (TPSA) is 29.3 Å². The number of benzene rings is 1. The Kier molecular flexibility index (Phi) is 4.65. The van der Waals surface area contributed by atoms with E-state index in [0.29, 0.717) is 6.04 Å². The van der Waals surface area contributed by atoms with Gasteiger partial charge in [-0.05, 0) is 37.8 Å². The second-order valence-electron chi connectivity index (χ2n) is 5.74. The second kappa shape index (κ2) is 6.24. The van der Waals surface area contributed by atoms with Gasteiger partial charge in [0.05, 0.1) is 0 Å². The quantitative estimate of drug-likeness (QED) is 0.883. The van der Waals surface area contributed by atoms with Gasteiger partial charge in [0.1, 0.15) is 0 Å². The van der Waals surface area contributed by atoms with Gasteiger partial charge in [0.15, 0.2) is 0 Å². The van der Waals surface area contributed by atoms with Crippen LogP contribution in [0.3, 0.4) is 0 Å². The largest absolute Gasteiger partial charge is 0.370 e. The standard InChI is InChI=1S/C16H26N2/c1-3-4-5-14-10-15(17)12-18(11-14)16-8-6-13(2)7-9-16/h6-9,14-15H,3-5,10-12,17H2,1-2H3. The molecule has 18 heavy (non-hydrogen) atoms. The van der Waals surface area contributed by atoms with Crippen molar-refractivity contribution < 1.29 is 0 Å². The third kappa shape index (κ3) is 3.49. The molecule has 0 spiro atoms. The number of anilines is 1. The summed E-state index contributed by atoms with van der Waals surface area (Å²) < 4.78 is 0. The summed E-state index contributed by atoms with van der Waals surface area (Å²) in [6.07, 6.45) is 5.14. The maximum atomic E-state index is 6.21. The van der Waals surface area contributed by atoms with Crippen LogP contribution in [0.25, 0.3) is 0 Å². The molecule has 0 aromatic heterocycles. The van der Waals surface area contributed by atoms with Gasteiger partial charge >= 0.3 is 0 Å². The van der Waals surface area contributed by atoms with Gasteiger partial charge in [-0.3, -0.25) is 0 Å². The highest BCUT2D eigenvalue weighted by atomic mass is 15.2. The van der Waals surface area contributed by atoms with Gasteiger partial charge in [0.25, 0.3) is 0 Å². The number of rotatable bonds is 4. The Hall–Kier alpha value is -1.02. The third-order valence-corrected chi connectivity index (χ3v) is 3.93. The van der Waals surface area contributed by atoms with Gasteiger partial charge < -0.3 is 10.6 Å². The third-order valence-electron chi connectivity index (χ3n) is 3.93. The summed E-state index contributed by atoms with van der Waals surface area (Å²) >= 11 is 0. The van der Waals surface area contributed by atoms with E-state index in [1.165, 1.54) is 43.5 Å². The van der Waals surface area contributed by atoms with E-state index in [-0.39, 0.29) is 0 Å². The summed E-state index contributed by atoms with van der Waals surface area (Å²) in [4.78, 5) is 2.47. The Morgan fingerprint density at radius 1 is 1.22 bits per heavy atom. The fourth-order valence-corrected chi connectivity index (χ4v) is 2.91. The van der Waals surface area contributed by atoms with Crippen molar-refractivity contribution in [1.82, 2.24) is 0 Å². The molecule has 2 nitrogen and oxygen atoms in total. The lowest BCUT2D eigenvalue weighted by Gasteiger charge is -2.38. The van der Waals surface area contributed by atoms with E-state index in [1.807, 2.05) is 0 Å². The zero-order chi connectivity index (χ0) is 13.0. The second-order valence-corrected chi connectivity index (χ2v) is 5.74. The van der Waals surface area contributed by atoms with Crippen molar-refractivity contribution in [2.24, 2.45) is 11.7 Å². The molecule has 2 unspecified atom stereocenters. The number of aryl methyl sites for hydroxylation is 1. The fraction of sp³-hybridized carbons (Fsp3) is 0.625. The monoisotopic (exact) mass is 246 g/mol. The Balaban J connectivity index is 2.01. The zero-order valence-electron chi connectivity index (χ0n) is 11.7. The molecule has 1 aromatic carbocycles. The van der Waals surface area contributed by atoms with Crippen LogP contribution in [0.4, 0.5) is 5.69 Å². The van der Waals surface area contributed by atoms with E-state index in [1.54, 1.807) is 0 Å². The van der Waals surface area contributed by atoms with E-state index in [4.69, 9.17) is 5.73 Å². The molecule has 1 aromatic rings. The van der Waals surface area contributed by atoms with E-state index in [9.17, 15) is 0 Å². The molecule has 0 saturated carbocycles. The van der Waals surface area contributed by atoms with Gasteiger partial charge in [-0.15, -0.1) is 0 Å². The Bertz CT molecular complexity index is 358. The van der Waals surface area contributed by atoms with Gasteiger partial charge in [0.2, 0.25) is 0 Å². The predicted octanol–water partition coefficient (Wildman–Crippen LogP) is 3.34. The molecule has 1 fully saturated rings. The smallest absolute Gasteiger partial charge is 0.0367 e. The highest BCUT2D eigenvalue weighted by molar-refractivity contribution is 5.48. The molecule has 0 bridgehead atoms. The molecule has 0 radical (unpaired) electrons. The van der Waals surface area contributed by atoms with Gasteiger partial charge in [0, 0.05) is 24.8 Å². The summed E-state index contributed by atoms with van der Waals surface area (Å²) in [7, 11) is 0. The summed E-state index contributed by atoms with van der Waals surface area (Å²) in [6.45, 7) is 6.58. The molecule has 1 heterocycles. The van der Waals surface area contributed by atoms with Crippen molar-refractivity contribution in [3.63, 3.8) is 0 Å². The lowest BCUT2D eigenvalue weighted by molar-refractivity contribution is 0.349. The minimum Gasteiger partial charge on any atom is -0.370 e. The van der Waals surface area contributed by atoms with Crippen molar-refractivity contribution >= 4 is 5.69 Å². The highest BCUT2D eigenvalue weighted by Gasteiger charge is 2.24. The van der Waals surface area contributed by atoms with Gasteiger partial charge in [-0.2, -0.15) is 0 Å². The average Bonchev–Trinajstić information content (AvgIpc) is 2.36. The Morgan fingerprint density at radius 3 is 2.61 bits per heavy atom. The first-order valence-electron chi connectivity index (χ1n) is 7.26. The number of hydrogen-bond donors (Lipinski definition) is 1. The SMILES string of the molecule is CCCCC1CC(N)CN(c2ccc(C)cc2)C1. The van der Waals surface area contributed by atoms with Crippen molar-refractivity contribution in [1.29, 1.82) is 0 Å². The van der Waals surface area contributed by atoms with E-state index >= 15 is 0 Å². The van der Waals surface area contributed by atoms with Crippen LogP contribution in [0.5, 0.6) is 0 Å². The first-order valence-corrected chi connectivity index (χ1v) is 7.26. The number of nitrogens with two attached hydrogens (primary N) is 1. The summed E-state index contributed by atoms with van der Waals surface area (Å²) in [5.74, 6) is 0.773. The molecule has 0 aliphatic carbocycles. The van der Waals surface area contributed by atoms with Crippen LogP contribution < -0.4 is 10.6 Å². The number of unbranched alkanes of at least 4 members (excludes halogenated alkanes) is 1. The van der Waals surface area contributed by atoms with Crippen LogP contribution >= 0.6 is 0 Å². The average molecular weight is 246 g/mol. The van der Waals surface area contributed by atoms with E-state index in [2.05, 4.69) is 43.0 Å². The molecule has 1 aliphatic rings. The minimum absolute atomic E-state index is 0.335. The molecule has 100 valence electrons. The normalized spacial score (nSPS) is 24.3. The zero-order valence-corrected chi connectivity index (χ0v) is 11.7. The maximum absolute atomic E-state index is 6.21. The molecular formula is C16H26N2. The van der Waals surface area contributed by atoms with Crippen LogP contribution in [0.1, 0.15) is 38.2 Å². The first-order chi connectivity index (χ1) is 8.69. The van der Waals surface area contributed by atoms with E-state index < -0.39 is 0 Å². The number of piperidine rings is 1. The van der Waals surface area contributed by atoms with Crippen molar-refractivity contribution in [3.05, 3.63) is 29.8 Å². The van der Waals surface area contributed by atoms with Crippen LogP contribution in [-0.2, 0) is 0 Å². The predicted molar refractivity (Wildman–Crippen MR) is 79.0 cm³/mol. The summed E-state index contributed by atoms with van der Waals surface area (Å²) in [6, 6.07) is 9.17. The lowest BCUT2D eigenvalue weighted by atomic mass is 9.90. The molecule has 2 N–H and O–H groups in total. The molecular weight excluding hydrogens is 220 g/mol. The van der Waals surface area contributed by atoms with Crippen molar-refractivity contribution in [2.75, 3.05) is 18.0 Å². The van der Waals surface area contributed by atoms with Crippen molar-refractivity contribution in [2.45, 2.75) is 45.6 Å². The Morgan fingerprint density at radius 2 is 1.94 bits per heavy atom. The number of nitrogens with zero attached hydrogens (tertiary/aromatic N) is 1. The van der Waals surface area contributed by atoms with Crippen LogP contribution in [0, 0.1) is 12.8 Å². The van der Waals surface area contributed by atoms with Crippen LogP contribution in [0.15, 0.2) is 24.3 Å². The van der Waals surface area contributed by atoms with Crippen LogP contribution in [-0.4, -0.2) is 19.1 Å². The molecule has 2 heteroatoms. The molecule has 2 rings (SSSR count). The van der Waals surface area contributed by atoms with E-state index in [0.717, 1.165) is 12.5 Å². The molecule has 0 amide bonds. The molecule has 1 saturated heterocycles. The van der Waals surface area contributed by atoms with Gasteiger partial charge in [-0.1, -0.05) is 37.5 Å². The number of hydrogen-bond acceptors (Lipinski definition) is 2.